The molecule has 4 nitrogen and oxygen atoms in total. The van der Waals surface area contributed by atoms with Crippen molar-refractivity contribution in [1.82, 2.24) is 9.78 Å². The van der Waals surface area contributed by atoms with E-state index in [1.165, 1.54) is 0 Å². The number of nitrogens with zero attached hydrogens (tertiary/aromatic N) is 2. The quantitative estimate of drug-likeness (QED) is 0.685. The first-order valence-electron chi connectivity index (χ1n) is 4.65. The summed E-state index contributed by atoms with van der Waals surface area (Å²) in [7, 11) is 0. The van der Waals surface area contributed by atoms with Gasteiger partial charge in [-0.2, -0.15) is 5.10 Å². The van der Waals surface area contributed by atoms with Crippen LogP contribution in [0, 0.1) is 0 Å². The van der Waals surface area contributed by atoms with Gasteiger partial charge in [-0.1, -0.05) is 0 Å². The Morgan fingerprint density at radius 1 is 1.77 bits per heavy atom. The summed E-state index contributed by atoms with van der Waals surface area (Å²) in [5, 5.41) is 13.5. The van der Waals surface area contributed by atoms with Crippen LogP contribution in [0.3, 0.4) is 0 Å². The van der Waals surface area contributed by atoms with Crippen LogP contribution in [-0.2, 0) is 12.1 Å². The molecule has 13 heavy (non-hydrogen) atoms. The lowest BCUT2D eigenvalue weighted by molar-refractivity contribution is 0.0185. The lowest BCUT2D eigenvalue weighted by atomic mass is 9.73. The van der Waals surface area contributed by atoms with Crippen molar-refractivity contribution in [3.8, 4) is 0 Å². The van der Waals surface area contributed by atoms with Crippen molar-refractivity contribution in [2.45, 2.75) is 38.0 Å². The van der Waals surface area contributed by atoms with Crippen LogP contribution in [0.2, 0.25) is 0 Å². The fourth-order valence-corrected chi connectivity index (χ4v) is 1.79. The molecule has 2 rings (SSSR count). The second-order valence-electron chi connectivity index (χ2n) is 3.77. The third-order valence-corrected chi connectivity index (χ3v) is 2.67. The van der Waals surface area contributed by atoms with Gasteiger partial charge in [-0.3, -0.25) is 4.68 Å². The molecule has 1 aromatic rings. The molecule has 0 atom stereocenters. The Morgan fingerprint density at radius 2 is 2.46 bits per heavy atom. The highest BCUT2D eigenvalue weighted by Gasteiger charge is 2.43. The molecule has 72 valence electrons. The third-order valence-electron chi connectivity index (χ3n) is 2.67. The standard InChI is InChI=1S/C9H15N3O/c1-2-12-4-3-8(11-12)9(10)5-7(13)6-9/h3-4,7,13H,2,5-6,10H2,1H3. The van der Waals surface area contributed by atoms with Crippen molar-refractivity contribution in [2.24, 2.45) is 5.73 Å². The topological polar surface area (TPSA) is 64.1 Å². The van der Waals surface area contributed by atoms with E-state index >= 15 is 0 Å². The smallest absolute Gasteiger partial charge is 0.0825 e. The predicted molar refractivity (Wildman–Crippen MR) is 49.0 cm³/mol. The zero-order chi connectivity index (χ0) is 9.47. The molecule has 1 fully saturated rings. The SMILES string of the molecule is CCn1ccc(C2(N)CC(O)C2)n1. The highest BCUT2D eigenvalue weighted by Crippen LogP contribution is 2.37. The minimum atomic E-state index is -0.375. The van der Waals surface area contributed by atoms with Gasteiger partial charge in [0.15, 0.2) is 0 Å². The van der Waals surface area contributed by atoms with Crippen LogP contribution in [-0.4, -0.2) is 21.0 Å². The van der Waals surface area contributed by atoms with Gasteiger partial charge in [0.2, 0.25) is 0 Å². The van der Waals surface area contributed by atoms with Gasteiger partial charge in [-0.15, -0.1) is 0 Å². The second-order valence-corrected chi connectivity index (χ2v) is 3.77. The zero-order valence-electron chi connectivity index (χ0n) is 7.77. The lowest BCUT2D eigenvalue weighted by Crippen LogP contribution is -2.52. The molecule has 0 saturated heterocycles. The van der Waals surface area contributed by atoms with E-state index in [-0.39, 0.29) is 11.6 Å². The molecule has 0 aliphatic heterocycles. The van der Waals surface area contributed by atoms with Gasteiger partial charge < -0.3 is 10.8 Å². The van der Waals surface area contributed by atoms with E-state index in [0.717, 1.165) is 12.2 Å². The van der Waals surface area contributed by atoms with Crippen LogP contribution in [0.5, 0.6) is 0 Å². The number of hydrogen-bond acceptors (Lipinski definition) is 3. The summed E-state index contributed by atoms with van der Waals surface area (Å²) < 4.78 is 1.86. The fourth-order valence-electron chi connectivity index (χ4n) is 1.79. The normalized spacial score (nSPS) is 33.0. The molecule has 0 spiro atoms. The Balaban J connectivity index is 2.16. The number of nitrogens with two attached hydrogens (primary N) is 1. The van der Waals surface area contributed by atoms with Gasteiger partial charge in [0.25, 0.3) is 0 Å². The van der Waals surface area contributed by atoms with E-state index in [2.05, 4.69) is 5.10 Å². The van der Waals surface area contributed by atoms with Gasteiger partial charge in [0.05, 0.1) is 17.3 Å². The number of aryl methyl sites for hydroxylation is 1. The Bertz CT molecular complexity index is 302. The van der Waals surface area contributed by atoms with E-state index < -0.39 is 0 Å². The number of aliphatic hydroxyl groups excluding tert-OH is 1. The van der Waals surface area contributed by atoms with Crippen molar-refractivity contribution in [1.29, 1.82) is 0 Å². The van der Waals surface area contributed by atoms with E-state index in [9.17, 15) is 5.11 Å². The summed E-state index contributed by atoms with van der Waals surface area (Å²) in [6.45, 7) is 2.90. The first-order valence-corrected chi connectivity index (χ1v) is 4.65. The summed E-state index contributed by atoms with van der Waals surface area (Å²) in [6.07, 6.45) is 2.95. The minimum Gasteiger partial charge on any atom is -0.393 e. The van der Waals surface area contributed by atoms with Crippen LogP contribution in [0.15, 0.2) is 12.3 Å². The van der Waals surface area contributed by atoms with Crippen molar-refractivity contribution in [3.63, 3.8) is 0 Å². The third kappa shape index (κ3) is 1.36. The molecule has 1 heterocycles. The number of aromatic nitrogens is 2. The van der Waals surface area contributed by atoms with Gasteiger partial charge in [0, 0.05) is 12.7 Å². The van der Waals surface area contributed by atoms with Crippen LogP contribution in [0.4, 0.5) is 0 Å². The lowest BCUT2D eigenvalue weighted by Gasteiger charge is -2.40. The summed E-state index contributed by atoms with van der Waals surface area (Å²) in [5.41, 5.74) is 6.57. The highest BCUT2D eigenvalue weighted by atomic mass is 16.3. The molecular formula is C9H15N3O. The maximum atomic E-state index is 9.19. The average molecular weight is 181 g/mol. The van der Waals surface area contributed by atoms with Gasteiger partial charge in [-0.05, 0) is 25.8 Å². The highest BCUT2D eigenvalue weighted by molar-refractivity contribution is 5.18. The molecule has 4 heteroatoms. The molecule has 1 aromatic heterocycles. The van der Waals surface area contributed by atoms with E-state index in [1.54, 1.807) is 0 Å². The number of aliphatic hydroxyl groups is 1. The molecule has 0 unspecified atom stereocenters. The second kappa shape index (κ2) is 2.82. The first-order chi connectivity index (χ1) is 6.14. The monoisotopic (exact) mass is 181 g/mol. The van der Waals surface area contributed by atoms with Gasteiger partial charge >= 0.3 is 0 Å². The summed E-state index contributed by atoms with van der Waals surface area (Å²) >= 11 is 0. The molecule has 0 aromatic carbocycles. The molecule has 0 amide bonds. The summed E-state index contributed by atoms with van der Waals surface area (Å²) in [6, 6.07) is 1.94. The Labute approximate surface area is 77.4 Å². The van der Waals surface area contributed by atoms with Crippen LogP contribution >= 0.6 is 0 Å². The van der Waals surface area contributed by atoms with E-state index in [4.69, 9.17) is 5.73 Å². The molecule has 0 radical (unpaired) electrons. The molecule has 1 aliphatic rings. The molecular weight excluding hydrogens is 166 g/mol. The Morgan fingerprint density at radius 3 is 2.92 bits per heavy atom. The van der Waals surface area contributed by atoms with E-state index in [0.29, 0.717) is 12.8 Å². The maximum Gasteiger partial charge on any atom is 0.0825 e. The van der Waals surface area contributed by atoms with Gasteiger partial charge in [0.1, 0.15) is 0 Å². The number of hydrogen-bond donors (Lipinski definition) is 2. The van der Waals surface area contributed by atoms with E-state index in [1.807, 2.05) is 23.9 Å². The first kappa shape index (κ1) is 8.72. The Hall–Kier alpha value is -0.870. The minimum absolute atomic E-state index is 0.239. The van der Waals surface area contributed by atoms with Crippen molar-refractivity contribution in [2.75, 3.05) is 0 Å². The molecule has 1 saturated carbocycles. The summed E-state index contributed by atoms with van der Waals surface area (Å²) in [4.78, 5) is 0. The van der Waals surface area contributed by atoms with Crippen molar-refractivity contribution >= 4 is 0 Å². The largest absolute Gasteiger partial charge is 0.393 e. The number of rotatable bonds is 2. The maximum absolute atomic E-state index is 9.19. The Kier molecular flexibility index (Phi) is 1.89. The molecule has 0 bridgehead atoms. The van der Waals surface area contributed by atoms with Crippen molar-refractivity contribution < 1.29 is 5.11 Å². The average Bonchev–Trinajstić information content (AvgIpc) is 2.49. The van der Waals surface area contributed by atoms with Crippen molar-refractivity contribution in [3.05, 3.63) is 18.0 Å². The van der Waals surface area contributed by atoms with Crippen LogP contribution in [0.1, 0.15) is 25.5 Å². The van der Waals surface area contributed by atoms with Crippen LogP contribution in [0.25, 0.3) is 0 Å². The van der Waals surface area contributed by atoms with Gasteiger partial charge in [-0.25, -0.2) is 0 Å². The summed E-state index contributed by atoms with van der Waals surface area (Å²) in [5.74, 6) is 0. The molecule has 3 N–H and O–H groups in total. The zero-order valence-corrected chi connectivity index (χ0v) is 7.77. The fraction of sp³-hybridized carbons (Fsp3) is 0.667. The predicted octanol–water partition coefficient (Wildman–Crippen LogP) is 0.212. The van der Waals surface area contributed by atoms with Crippen LogP contribution < -0.4 is 5.73 Å². The molecule has 1 aliphatic carbocycles.